The van der Waals surface area contributed by atoms with Crippen molar-refractivity contribution in [2.75, 3.05) is 0 Å². The molecule has 334 valence electrons. The third-order valence-electron chi connectivity index (χ3n) is 9.69. The molecule has 2 saturated heterocycles. The molecule has 0 saturated carbocycles. The van der Waals surface area contributed by atoms with Crippen LogP contribution in [0.5, 0.6) is 0 Å². The lowest BCUT2D eigenvalue weighted by Crippen LogP contribution is -2.66. The van der Waals surface area contributed by atoms with E-state index in [1.807, 2.05) is 30.3 Å². The molecule has 18 heteroatoms. The van der Waals surface area contributed by atoms with Crippen molar-refractivity contribution >= 4 is 70.4 Å². The van der Waals surface area contributed by atoms with Crippen molar-refractivity contribution in [1.82, 2.24) is 0 Å². The molecule has 3 aromatic carbocycles. The zero-order chi connectivity index (χ0) is 45.0. The van der Waals surface area contributed by atoms with Crippen LogP contribution in [-0.2, 0) is 86.1 Å². The summed E-state index contributed by atoms with van der Waals surface area (Å²) in [6.07, 6.45) is -15.1. The number of alkyl halides is 3. The summed E-state index contributed by atoms with van der Waals surface area (Å²) in [4.78, 5) is 65.5. The fraction of sp³-hybridized carbons (Fsp3) is 0.455. The fourth-order valence-electron chi connectivity index (χ4n) is 6.78. The number of carbonyl (C=O) groups excluding carboxylic acids is 5. The Morgan fingerprint density at radius 2 is 1.03 bits per heavy atom. The second-order valence-electron chi connectivity index (χ2n) is 14.7. The van der Waals surface area contributed by atoms with Crippen molar-refractivity contribution in [3.05, 3.63) is 108 Å². The lowest BCUT2D eigenvalue weighted by Gasteiger charge is -2.48. The molecule has 0 aliphatic carbocycles. The molecule has 0 radical (unpaired) electrons. The lowest BCUT2D eigenvalue weighted by atomic mass is 9.96. The van der Waals surface area contributed by atoms with Crippen molar-refractivity contribution in [3.63, 3.8) is 0 Å². The van der Waals surface area contributed by atoms with Gasteiger partial charge in [0.25, 0.3) is 3.79 Å². The highest BCUT2D eigenvalue weighted by atomic mass is 35.6. The van der Waals surface area contributed by atoms with Gasteiger partial charge in [-0.25, -0.2) is 0 Å². The van der Waals surface area contributed by atoms with Gasteiger partial charge in [0.1, 0.15) is 18.0 Å². The number of carbonyl (C=O) groups is 5. The van der Waals surface area contributed by atoms with Gasteiger partial charge in [0.05, 0.1) is 38.1 Å². The minimum atomic E-state index is -2.35. The van der Waals surface area contributed by atoms with Crippen LogP contribution in [0.4, 0.5) is 0 Å². The van der Waals surface area contributed by atoms with Crippen molar-refractivity contribution in [2.45, 2.75) is 125 Å². The Hall–Kier alpha value is -4.61. The van der Waals surface area contributed by atoms with Crippen LogP contribution in [0, 0.1) is 5.41 Å². The van der Waals surface area contributed by atoms with Gasteiger partial charge in [-0.1, -0.05) is 126 Å². The predicted molar refractivity (Wildman–Crippen MR) is 223 cm³/mol. The van der Waals surface area contributed by atoms with Crippen LogP contribution in [0.25, 0.3) is 0 Å². The number of rotatable bonds is 17. The summed E-state index contributed by atoms with van der Waals surface area (Å²) in [5.74, 6) is -4.39. The van der Waals surface area contributed by atoms with Gasteiger partial charge in [0.2, 0.25) is 12.2 Å². The minimum Gasteiger partial charge on any atom is -0.455 e. The first kappa shape index (κ1) is 48.4. The number of hydrogen-bond donors (Lipinski definition) is 1. The van der Waals surface area contributed by atoms with Gasteiger partial charge in [0, 0.05) is 13.3 Å². The minimum absolute atomic E-state index is 0.00586. The maximum Gasteiger partial charge on any atom is 0.310 e. The highest BCUT2D eigenvalue weighted by Crippen LogP contribution is 2.37. The number of hydrogen-bond acceptors (Lipinski definition) is 15. The second kappa shape index (κ2) is 22.7. The molecule has 2 aliphatic heterocycles. The molecular formula is C44H48Cl3NO14. The van der Waals surface area contributed by atoms with Crippen LogP contribution in [0.2, 0.25) is 0 Å². The Kier molecular flexibility index (Phi) is 17.7. The highest BCUT2D eigenvalue weighted by Gasteiger charge is 2.56. The van der Waals surface area contributed by atoms with Gasteiger partial charge in [-0.2, -0.15) is 0 Å². The van der Waals surface area contributed by atoms with E-state index < -0.39 is 95.0 Å². The molecular weight excluding hydrogens is 873 g/mol. The topological polar surface area (TPSA) is 192 Å². The average molecular weight is 921 g/mol. The highest BCUT2D eigenvalue weighted by molar-refractivity contribution is 6.76. The Balaban J connectivity index is 1.57. The second-order valence-corrected chi connectivity index (χ2v) is 17.0. The van der Waals surface area contributed by atoms with Crippen molar-refractivity contribution in [3.8, 4) is 0 Å². The number of Topliss-reactive ketones (excluding diaryl/α,β-unsaturated/α-hetero) is 1. The van der Waals surface area contributed by atoms with Gasteiger partial charge in [-0.05, 0) is 37.5 Å². The summed E-state index contributed by atoms with van der Waals surface area (Å²) >= 11 is 17.9. The monoisotopic (exact) mass is 919 g/mol. The molecule has 2 aliphatic rings. The van der Waals surface area contributed by atoms with Gasteiger partial charge in [-0.3, -0.25) is 24.6 Å². The Bertz CT molecular complexity index is 1990. The number of halogens is 3. The van der Waals surface area contributed by atoms with E-state index in [2.05, 4.69) is 0 Å². The molecule has 5 rings (SSSR count). The third kappa shape index (κ3) is 14.2. The number of ketones is 1. The SMILES string of the molecule is CC(=O)CCC(=O)O[C@H]1[C@H](O[C@@H]2[C@@H](OCc3ccccc3)[C@H](C)O[C@H](OC(=N)C(Cl)(Cl)Cl)[C@@H]2OC(C)=O)O[C@@H](C)[C@H](OC(=O)Cc2ccccc2)[C@H]1OC(=O)Cc1ccccc1. The molecule has 62 heavy (non-hydrogen) atoms. The first-order chi connectivity index (χ1) is 29.5. The summed E-state index contributed by atoms with van der Waals surface area (Å²) in [5.41, 5.74) is 1.99. The summed E-state index contributed by atoms with van der Waals surface area (Å²) in [6, 6.07) is 26.6. The molecule has 0 aromatic heterocycles. The Labute approximate surface area is 373 Å². The first-order valence-corrected chi connectivity index (χ1v) is 20.9. The Morgan fingerprint density at radius 1 is 0.565 bits per heavy atom. The maximum atomic E-state index is 13.8. The smallest absolute Gasteiger partial charge is 0.310 e. The molecule has 2 heterocycles. The molecule has 10 atom stereocenters. The summed E-state index contributed by atoms with van der Waals surface area (Å²) in [5, 5.41) is 8.30. The van der Waals surface area contributed by atoms with E-state index in [-0.39, 0.29) is 38.1 Å². The van der Waals surface area contributed by atoms with E-state index in [1.165, 1.54) is 13.8 Å². The molecule has 2 fully saturated rings. The van der Waals surface area contributed by atoms with E-state index in [0.717, 1.165) is 12.5 Å². The van der Waals surface area contributed by atoms with E-state index in [0.29, 0.717) is 11.1 Å². The van der Waals surface area contributed by atoms with E-state index >= 15 is 0 Å². The van der Waals surface area contributed by atoms with Crippen LogP contribution in [-0.4, -0.2) is 101 Å². The molecule has 1 N–H and O–H groups in total. The number of ether oxygens (including phenoxy) is 9. The zero-order valence-corrected chi connectivity index (χ0v) is 36.6. The van der Waals surface area contributed by atoms with Gasteiger partial charge in [-0.15, -0.1) is 0 Å². The molecule has 15 nitrogen and oxygen atoms in total. The van der Waals surface area contributed by atoms with Gasteiger partial charge in [0.15, 0.2) is 30.7 Å². The number of esters is 4. The third-order valence-corrected chi connectivity index (χ3v) is 10.2. The Morgan fingerprint density at radius 3 is 1.55 bits per heavy atom. The average Bonchev–Trinajstić information content (AvgIpc) is 3.21. The standard InChI is InChI=1S/C44H48Cl3NO14/c1-25(49)20-21-32(51)58-40-38(60-34(53)23-30-16-10-6-11-17-30)36(59-33(52)22-29-14-8-5-9-15-29)27(3)56-41(40)61-37-35(54-24-31-18-12-7-13-19-31)26(2)55-42(39(37)57-28(4)50)62-43(48)44(45,46)47/h5-19,26-27,35-42,48H,20-24H2,1-4H3/t26-,27-,35-,36-,37+,38+,39+,40+,41-,42+/m0/s1. The summed E-state index contributed by atoms with van der Waals surface area (Å²) in [6.45, 7) is 5.56. The van der Waals surface area contributed by atoms with Crippen LogP contribution < -0.4 is 0 Å². The largest absolute Gasteiger partial charge is 0.455 e. The maximum absolute atomic E-state index is 13.8. The summed E-state index contributed by atoms with van der Waals surface area (Å²) < 4.78 is 52.6. The van der Waals surface area contributed by atoms with Crippen LogP contribution >= 0.6 is 34.8 Å². The normalized spacial score (nSPS) is 26.0. The predicted octanol–water partition coefficient (Wildman–Crippen LogP) is 6.33. The quantitative estimate of drug-likeness (QED) is 0.0519. The van der Waals surface area contributed by atoms with Crippen LogP contribution in [0.3, 0.4) is 0 Å². The lowest BCUT2D eigenvalue weighted by molar-refractivity contribution is -0.354. The van der Waals surface area contributed by atoms with Gasteiger partial charge >= 0.3 is 23.9 Å². The molecule has 0 unspecified atom stereocenters. The number of nitrogens with one attached hydrogen (secondary N) is 1. The van der Waals surface area contributed by atoms with E-state index in [4.69, 9.17) is 82.8 Å². The summed E-state index contributed by atoms with van der Waals surface area (Å²) in [7, 11) is 0. The molecule has 3 aromatic rings. The van der Waals surface area contributed by atoms with Crippen molar-refractivity contribution in [1.29, 1.82) is 5.41 Å². The van der Waals surface area contributed by atoms with Crippen LogP contribution in [0.15, 0.2) is 91.0 Å². The van der Waals surface area contributed by atoms with Crippen molar-refractivity contribution < 1.29 is 66.6 Å². The van der Waals surface area contributed by atoms with Gasteiger partial charge < -0.3 is 47.4 Å². The van der Waals surface area contributed by atoms with Crippen molar-refractivity contribution in [2.24, 2.45) is 0 Å². The molecule has 0 bridgehead atoms. The molecule has 0 amide bonds. The number of benzene rings is 3. The first-order valence-electron chi connectivity index (χ1n) is 19.8. The van der Waals surface area contributed by atoms with Crippen LogP contribution in [0.1, 0.15) is 57.2 Å². The van der Waals surface area contributed by atoms with E-state index in [1.54, 1.807) is 67.6 Å². The molecule has 0 spiro atoms. The zero-order valence-electron chi connectivity index (χ0n) is 34.3. The van der Waals surface area contributed by atoms with E-state index in [9.17, 15) is 24.0 Å². The fourth-order valence-corrected chi connectivity index (χ4v) is 6.91.